The van der Waals surface area contributed by atoms with Crippen LogP contribution in [-0.2, 0) is 14.3 Å². The fourth-order valence-corrected chi connectivity index (χ4v) is 1.37. The molecule has 1 aliphatic heterocycles. The van der Waals surface area contributed by atoms with Crippen molar-refractivity contribution < 1.29 is 19.4 Å². The summed E-state index contributed by atoms with van der Waals surface area (Å²) in [6.45, 7) is 2.05. The van der Waals surface area contributed by atoms with E-state index in [9.17, 15) is 9.59 Å². The lowest BCUT2D eigenvalue weighted by Gasteiger charge is -2.09. The van der Waals surface area contributed by atoms with Crippen molar-refractivity contribution in [3.8, 4) is 0 Å². The molecule has 74 valence electrons. The molecule has 1 fully saturated rings. The lowest BCUT2D eigenvalue weighted by molar-refractivity contribution is -0.145. The molecule has 0 radical (unpaired) electrons. The van der Waals surface area contributed by atoms with Gasteiger partial charge in [-0.25, -0.2) is 0 Å². The molecule has 0 aromatic heterocycles. The van der Waals surface area contributed by atoms with E-state index < -0.39 is 18.1 Å². The number of hydrogen-bond acceptors (Lipinski definition) is 4. The van der Waals surface area contributed by atoms with Crippen molar-refractivity contribution in [3.05, 3.63) is 0 Å². The molecular weight excluding hydrogens is 174 g/mol. The predicted octanol–water partition coefficient (Wildman–Crippen LogP) is -0.245. The van der Waals surface area contributed by atoms with E-state index in [0.717, 1.165) is 0 Å². The zero-order valence-electron chi connectivity index (χ0n) is 7.45. The number of carbonyl (C=O) groups is 2. The Bertz CT molecular complexity index is 216. The van der Waals surface area contributed by atoms with Gasteiger partial charge in [-0.15, -0.1) is 0 Å². The summed E-state index contributed by atoms with van der Waals surface area (Å²) < 4.78 is 4.76. The van der Waals surface area contributed by atoms with E-state index in [0.29, 0.717) is 19.4 Å². The first-order chi connectivity index (χ1) is 6.15. The smallest absolute Gasteiger partial charge is 0.323 e. The maximum absolute atomic E-state index is 11.1. The molecule has 0 unspecified atom stereocenters. The summed E-state index contributed by atoms with van der Waals surface area (Å²) in [5, 5.41) is 11.3. The Kier molecular flexibility index (Phi) is 3.25. The zero-order valence-corrected chi connectivity index (χ0v) is 7.45. The summed E-state index contributed by atoms with van der Waals surface area (Å²) in [5.41, 5.74) is 0. The van der Waals surface area contributed by atoms with Crippen LogP contribution in [0.1, 0.15) is 19.8 Å². The van der Waals surface area contributed by atoms with Crippen molar-refractivity contribution >= 4 is 11.9 Å². The molecule has 13 heavy (non-hydrogen) atoms. The highest BCUT2D eigenvalue weighted by molar-refractivity contribution is 5.80. The SMILES string of the molecule is CCOC(=O)[C@H]1CC[C@H](C(=O)O)N1. The molecule has 0 bridgehead atoms. The summed E-state index contributed by atoms with van der Waals surface area (Å²) in [7, 11) is 0. The average molecular weight is 187 g/mol. The van der Waals surface area contributed by atoms with Crippen molar-refractivity contribution in [2.75, 3.05) is 6.61 Å². The van der Waals surface area contributed by atoms with Gasteiger partial charge in [-0.1, -0.05) is 0 Å². The van der Waals surface area contributed by atoms with E-state index in [4.69, 9.17) is 9.84 Å². The second-order valence-corrected chi connectivity index (χ2v) is 2.94. The van der Waals surface area contributed by atoms with Gasteiger partial charge in [0.1, 0.15) is 12.1 Å². The molecule has 1 heterocycles. The van der Waals surface area contributed by atoms with Crippen LogP contribution in [0.2, 0.25) is 0 Å². The van der Waals surface area contributed by atoms with Gasteiger partial charge in [0.15, 0.2) is 0 Å². The Balaban J connectivity index is 2.40. The minimum absolute atomic E-state index is 0.328. The van der Waals surface area contributed by atoms with Crippen LogP contribution in [0.25, 0.3) is 0 Å². The van der Waals surface area contributed by atoms with Gasteiger partial charge in [0, 0.05) is 0 Å². The highest BCUT2D eigenvalue weighted by Crippen LogP contribution is 2.13. The quantitative estimate of drug-likeness (QED) is 0.596. The number of hydrogen-bond donors (Lipinski definition) is 2. The molecule has 0 aliphatic carbocycles. The van der Waals surface area contributed by atoms with Crippen molar-refractivity contribution in [3.63, 3.8) is 0 Å². The highest BCUT2D eigenvalue weighted by Gasteiger charge is 2.33. The Labute approximate surface area is 76.1 Å². The summed E-state index contributed by atoms with van der Waals surface area (Å²) in [5.74, 6) is -1.27. The maximum Gasteiger partial charge on any atom is 0.323 e. The van der Waals surface area contributed by atoms with Crippen LogP contribution >= 0.6 is 0 Å². The third kappa shape index (κ3) is 2.42. The summed E-state index contributed by atoms with van der Waals surface area (Å²) >= 11 is 0. The Morgan fingerprint density at radius 1 is 1.46 bits per heavy atom. The number of rotatable bonds is 3. The molecule has 5 heteroatoms. The molecule has 0 aromatic rings. The molecule has 0 spiro atoms. The van der Waals surface area contributed by atoms with Crippen LogP contribution in [0.4, 0.5) is 0 Å². The number of carbonyl (C=O) groups excluding carboxylic acids is 1. The van der Waals surface area contributed by atoms with Crippen LogP contribution in [0, 0.1) is 0 Å². The van der Waals surface area contributed by atoms with Gasteiger partial charge < -0.3 is 9.84 Å². The van der Waals surface area contributed by atoms with Crippen molar-refractivity contribution in [1.82, 2.24) is 5.32 Å². The van der Waals surface area contributed by atoms with Crippen molar-refractivity contribution in [2.45, 2.75) is 31.8 Å². The van der Waals surface area contributed by atoms with Crippen LogP contribution in [0.3, 0.4) is 0 Å². The molecule has 0 saturated carbocycles. The number of aliphatic carboxylic acids is 1. The predicted molar refractivity (Wildman–Crippen MR) is 44.2 cm³/mol. The number of nitrogens with one attached hydrogen (secondary N) is 1. The fraction of sp³-hybridized carbons (Fsp3) is 0.750. The first-order valence-corrected chi connectivity index (χ1v) is 4.30. The number of ether oxygens (including phenoxy) is 1. The largest absolute Gasteiger partial charge is 0.480 e. The van der Waals surface area contributed by atoms with E-state index in [-0.39, 0.29) is 5.97 Å². The monoisotopic (exact) mass is 187 g/mol. The average Bonchev–Trinajstić information content (AvgIpc) is 2.52. The minimum Gasteiger partial charge on any atom is -0.480 e. The first kappa shape index (κ1) is 9.98. The second-order valence-electron chi connectivity index (χ2n) is 2.94. The van der Waals surface area contributed by atoms with E-state index >= 15 is 0 Å². The standard InChI is InChI=1S/C8H13NO4/c1-2-13-8(12)6-4-3-5(9-6)7(10)11/h5-6,9H,2-4H2,1H3,(H,10,11)/t5-,6-/m1/s1. The van der Waals surface area contributed by atoms with E-state index in [2.05, 4.69) is 5.32 Å². The molecule has 0 aromatic carbocycles. The number of esters is 1. The highest BCUT2D eigenvalue weighted by atomic mass is 16.5. The Morgan fingerprint density at radius 2 is 2.08 bits per heavy atom. The lowest BCUT2D eigenvalue weighted by Crippen LogP contribution is -2.40. The van der Waals surface area contributed by atoms with Crippen molar-refractivity contribution in [2.24, 2.45) is 0 Å². The van der Waals surface area contributed by atoms with Gasteiger partial charge in [0.25, 0.3) is 0 Å². The van der Waals surface area contributed by atoms with Crippen LogP contribution in [0.5, 0.6) is 0 Å². The minimum atomic E-state index is -0.910. The summed E-state index contributed by atoms with van der Waals surface area (Å²) in [6, 6.07) is -1.05. The van der Waals surface area contributed by atoms with Crippen LogP contribution in [-0.4, -0.2) is 35.7 Å². The normalized spacial score (nSPS) is 27.2. The molecule has 2 atom stereocenters. The topological polar surface area (TPSA) is 75.6 Å². The van der Waals surface area contributed by atoms with Gasteiger partial charge in [0.2, 0.25) is 0 Å². The molecule has 1 aliphatic rings. The molecule has 2 N–H and O–H groups in total. The van der Waals surface area contributed by atoms with Gasteiger partial charge in [-0.2, -0.15) is 0 Å². The summed E-state index contributed by atoms with van der Waals surface area (Å²) in [4.78, 5) is 21.6. The van der Waals surface area contributed by atoms with E-state index in [1.807, 2.05) is 0 Å². The van der Waals surface area contributed by atoms with Gasteiger partial charge in [-0.05, 0) is 19.8 Å². The maximum atomic E-state index is 11.1. The van der Waals surface area contributed by atoms with Crippen LogP contribution < -0.4 is 5.32 Å². The third-order valence-electron chi connectivity index (χ3n) is 2.02. The van der Waals surface area contributed by atoms with E-state index in [1.165, 1.54) is 0 Å². The lowest BCUT2D eigenvalue weighted by atomic mass is 10.2. The number of carboxylic acids is 1. The fourth-order valence-electron chi connectivity index (χ4n) is 1.37. The second kappa shape index (κ2) is 4.23. The first-order valence-electron chi connectivity index (χ1n) is 4.30. The van der Waals surface area contributed by atoms with Gasteiger partial charge >= 0.3 is 11.9 Å². The van der Waals surface area contributed by atoms with Crippen LogP contribution in [0.15, 0.2) is 0 Å². The molecule has 1 rings (SSSR count). The van der Waals surface area contributed by atoms with Gasteiger partial charge in [-0.3, -0.25) is 14.9 Å². The number of carboxylic acid groups (broad SMARTS) is 1. The summed E-state index contributed by atoms with van der Waals surface area (Å²) in [6.07, 6.45) is 1.02. The molecule has 0 amide bonds. The molecular formula is C8H13NO4. The zero-order chi connectivity index (χ0) is 9.84. The molecule has 5 nitrogen and oxygen atoms in total. The van der Waals surface area contributed by atoms with Crippen molar-refractivity contribution in [1.29, 1.82) is 0 Å². The Morgan fingerprint density at radius 3 is 2.54 bits per heavy atom. The Hall–Kier alpha value is -1.10. The third-order valence-corrected chi connectivity index (χ3v) is 2.02. The van der Waals surface area contributed by atoms with Gasteiger partial charge in [0.05, 0.1) is 6.61 Å². The molecule has 1 saturated heterocycles. The van der Waals surface area contributed by atoms with E-state index in [1.54, 1.807) is 6.92 Å².